The number of rotatable bonds is 6. The topological polar surface area (TPSA) is 65.1 Å². The van der Waals surface area contributed by atoms with Gasteiger partial charge in [0, 0.05) is 19.7 Å². The zero-order chi connectivity index (χ0) is 18.4. The van der Waals surface area contributed by atoms with Gasteiger partial charge in [-0.05, 0) is 18.2 Å². The molecule has 1 amide bonds. The first-order valence-corrected chi connectivity index (χ1v) is 7.67. The summed E-state index contributed by atoms with van der Waals surface area (Å²) in [4.78, 5) is 26.4. The highest BCUT2D eigenvalue weighted by Gasteiger charge is 2.27. The SMILES string of the molecule is COc1ccc(C(=O)O[C@@H](C(=O)N(C)C)c2ccccc2)cc1OC. The molecular weight excluding hydrogens is 322 g/mol. The van der Waals surface area contributed by atoms with E-state index in [0.29, 0.717) is 17.1 Å². The average Bonchev–Trinajstić information content (AvgIpc) is 2.65. The summed E-state index contributed by atoms with van der Waals surface area (Å²) in [5.74, 6) is -0.0276. The monoisotopic (exact) mass is 343 g/mol. The number of hydrogen-bond donors (Lipinski definition) is 0. The molecule has 0 aromatic heterocycles. The number of ether oxygens (including phenoxy) is 3. The van der Waals surface area contributed by atoms with Gasteiger partial charge in [-0.15, -0.1) is 0 Å². The Hall–Kier alpha value is -3.02. The zero-order valence-electron chi connectivity index (χ0n) is 14.7. The number of amides is 1. The van der Waals surface area contributed by atoms with Gasteiger partial charge in [0.25, 0.3) is 5.91 Å². The van der Waals surface area contributed by atoms with E-state index in [-0.39, 0.29) is 11.5 Å². The molecule has 6 heteroatoms. The average molecular weight is 343 g/mol. The molecule has 0 saturated heterocycles. The Morgan fingerprint density at radius 2 is 1.56 bits per heavy atom. The smallest absolute Gasteiger partial charge is 0.339 e. The number of benzene rings is 2. The van der Waals surface area contributed by atoms with Crippen LogP contribution in [0.1, 0.15) is 22.0 Å². The quantitative estimate of drug-likeness (QED) is 0.755. The van der Waals surface area contributed by atoms with Crippen LogP contribution in [-0.2, 0) is 9.53 Å². The van der Waals surface area contributed by atoms with Gasteiger partial charge in [0.05, 0.1) is 19.8 Å². The van der Waals surface area contributed by atoms with Crippen LogP contribution >= 0.6 is 0 Å². The van der Waals surface area contributed by atoms with E-state index >= 15 is 0 Å². The van der Waals surface area contributed by atoms with Crippen molar-refractivity contribution in [3.05, 3.63) is 59.7 Å². The van der Waals surface area contributed by atoms with Gasteiger partial charge in [-0.2, -0.15) is 0 Å². The third kappa shape index (κ3) is 4.29. The van der Waals surface area contributed by atoms with Crippen molar-refractivity contribution in [1.82, 2.24) is 4.90 Å². The summed E-state index contributed by atoms with van der Waals surface area (Å²) in [7, 11) is 6.22. The molecule has 0 spiro atoms. The summed E-state index contributed by atoms with van der Waals surface area (Å²) >= 11 is 0. The van der Waals surface area contributed by atoms with Crippen LogP contribution in [0.4, 0.5) is 0 Å². The Morgan fingerprint density at radius 1 is 0.920 bits per heavy atom. The molecule has 2 rings (SSSR count). The maximum Gasteiger partial charge on any atom is 0.339 e. The highest BCUT2D eigenvalue weighted by atomic mass is 16.5. The fourth-order valence-corrected chi connectivity index (χ4v) is 2.26. The summed E-state index contributed by atoms with van der Waals surface area (Å²) in [6.07, 6.45) is -1.02. The molecule has 2 aromatic rings. The molecule has 0 bridgehead atoms. The molecular formula is C19H21NO5. The lowest BCUT2D eigenvalue weighted by molar-refractivity contribution is -0.138. The molecule has 0 aliphatic heterocycles. The number of hydrogen-bond acceptors (Lipinski definition) is 5. The fourth-order valence-electron chi connectivity index (χ4n) is 2.26. The van der Waals surface area contributed by atoms with Crippen molar-refractivity contribution in [2.75, 3.05) is 28.3 Å². The molecule has 2 aromatic carbocycles. The minimum absolute atomic E-state index is 0.269. The van der Waals surface area contributed by atoms with E-state index in [1.54, 1.807) is 50.5 Å². The maximum atomic E-state index is 12.5. The van der Waals surface area contributed by atoms with E-state index in [9.17, 15) is 9.59 Å². The lowest BCUT2D eigenvalue weighted by Crippen LogP contribution is -2.31. The van der Waals surface area contributed by atoms with E-state index in [2.05, 4.69) is 0 Å². The lowest BCUT2D eigenvalue weighted by atomic mass is 10.1. The molecule has 0 radical (unpaired) electrons. The normalized spacial score (nSPS) is 11.4. The molecule has 0 saturated carbocycles. The van der Waals surface area contributed by atoms with Crippen molar-refractivity contribution in [2.24, 2.45) is 0 Å². The lowest BCUT2D eigenvalue weighted by Gasteiger charge is -2.21. The first-order valence-electron chi connectivity index (χ1n) is 7.67. The molecule has 25 heavy (non-hydrogen) atoms. The van der Waals surface area contributed by atoms with E-state index in [0.717, 1.165) is 0 Å². The third-order valence-electron chi connectivity index (χ3n) is 3.61. The molecule has 0 aliphatic rings. The van der Waals surface area contributed by atoms with Crippen LogP contribution in [0.3, 0.4) is 0 Å². The summed E-state index contributed by atoms with van der Waals surface area (Å²) in [6, 6.07) is 13.6. The summed E-state index contributed by atoms with van der Waals surface area (Å²) < 4.78 is 15.8. The first-order chi connectivity index (χ1) is 12.0. The standard InChI is InChI=1S/C19H21NO5/c1-20(2)18(21)17(13-8-6-5-7-9-13)25-19(22)14-10-11-15(23-3)16(12-14)24-4/h5-12,17H,1-4H3/t17-/m1/s1. The van der Waals surface area contributed by atoms with E-state index < -0.39 is 12.1 Å². The van der Waals surface area contributed by atoms with Gasteiger partial charge in [0.2, 0.25) is 6.10 Å². The van der Waals surface area contributed by atoms with Crippen LogP contribution in [-0.4, -0.2) is 45.1 Å². The van der Waals surface area contributed by atoms with Gasteiger partial charge >= 0.3 is 5.97 Å². The number of esters is 1. The van der Waals surface area contributed by atoms with Gasteiger partial charge in [-0.25, -0.2) is 4.79 Å². The number of carbonyl (C=O) groups is 2. The molecule has 0 aliphatic carbocycles. The first kappa shape index (κ1) is 18.3. The van der Waals surface area contributed by atoms with Gasteiger partial charge in [0.1, 0.15) is 0 Å². The van der Waals surface area contributed by atoms with E-state index in [1.807, 2.05) is 6.07 Å². The van der Waals surface area contributed by atoms with Crippen LogP contribution in [0.25, 0.3) is 0 Å². The molecule has 0 fully saturated rings. The summed E-state index contributed by atoms with van der Waals surface area (Å²) in [5.41, 5.74) is 0.875. The Kier molecular flexibility index (Phi) is 6.00. The highest BCUT2D eigenvalue weighted by Crippen LogP contribution is 2.29. The van der Waals surface area contributed by atoms with E-state index in [1.165, 1.54) is 25.2 Å². The molecule has 1 atom stereocenters. The number of likely N-dealkylation sites (N-methyl/N-ethyl adjacent to an activating group) is 1. The van der Waals surface area contributed by atoms with Crippen molar-refractivity contribution < 1.29 is 23.8 Å². The second kappa shape index (κ2) is 8.19. The van der Waals surface area contributed by atoms with Gasteiger partial charge in [-0.1, -0.05) is 30.3 Å². The Bertz CT molecular complexity index is 743. The predicted molar refractivity (Wildman–Crippen MR) is 92.8 cm³/mol. The molecule has 0 heterocycles. The van der Waals surface area contributed by atoms with Crippen LogP contribution in [0.15, 0.2) is 48.5 Å². The second-order valence-electron chi connectivity index (χ2n) is 5.50. The second-order valence-corrected chi connectivity index (χ2v) is 5.50. The largest absolute Gasteiger partial charge is 0.493 e. The van der Waals surface area contributed by atoms with Crippen molar-refractivity contribution in [1.29, 1.82) is 0 Å². The Balaban J connectivity index is 2.29. The number of nitrogens with zero attached hydrogens (tertiary/aromatic N) is 1. The van der Waals surface area contributed by atoms with Crippen LogP contribution in [0.5, 0.6) is 11.5 Å². The van der Waals surface area contributed by atoms with Crippen LogP contribution in [0, 0.1) is 0 Å². The van der Waals surface area contributed by atoms with Crippen molar-refractivity contribution in [2.45, 2.75) is 6.10 Å². The number of methoxy groups -OCH3 is 2. The molecule has 132 valence electrons. The van der Waals surface area contributed by atoms with Gasteiger partial charge in [0.15, 0.2) is 11.5 Å². The third-order valence-corrected chi connectivity index (χ3v) is 3.61. The highest BCUT2D eigenvalue weighted by molar-refractivity contribution is 5.93. The van der Waals surface area contributed by atoms with Crippen molar-refractivity contribution >= 4 is 11.9 Å². The van der Waals surface area contributed by atoms with Crippen LogP contribution < -0.4 is 9.47 Å². The zero-order valence-corrected chi connectivity index (χ0v) is 14.7. The molecule has 0 unspecified atom stereocenters. The van der Waals surface area contributed by atoms with E-state index in [4.69, 9.17) is 14.2 Å². The Morgan fingerprint density at radius 3 is 2.12 bits per heavy atom. The van der Waals surface area contributed by atoms with Crippen LogP contribution in [0.2, 0.25) is 0 Å². The molecule has 0 N–H and O–H groups in total. The minimum Gasteiger partial charge on any atom is -0.493 e. The Labute approximate surface area is 146 Å². The van der Waals surface area contributed by atoms with Crippen molar-refractivity contribution in [3.63, 3.8) is 0 Å². The summed E-state index contributed by atoms with van der Waals surface area (Å²) in [6.45, 7) is 0. The minimum atomic E-state index is -1.02. The molecule has 6 nitrogen and oxygen atoms in total. The summed E-state index contributed by atoms with van der Waals surface area (Å²) in [5, 5.41) is 0. The van der Waals surface area contributed by atoms with Gasteiger partial charge < -0.3 is 19.1 Å². The fraction of sp³-hybridized carbons (Fsp3) is 0.263. The maximum absolute atomic E-state index is 12.5. The number of carbonyl (C=O) groups excluding carboxylic acids is 2. The predicted octanol–water partition coefficient (Wildman–Crippen LogP) is 2.69. The van der Waals surface area contributed by atoms with Gasteiger partial charge in [-0.3, -0.25) is 4.79 Å². The van der Waals surface area contributed by atoms with Crippen molar-refractivity contribution in [3.8, 4) is 11.5 Å².